The molecule has 1 aromatic carbocycles. The van der Waals surface area contributed by atoms with Gasteiger partial charge in [-0.05, 0) is 6.07 Å². The minimum absolute atomic E-state index is 0.0151. The molecular weight excluding hydrogens is 251 g/mol. The average Bonchev–Trinajstić information content (AvgIpc) is 2.32. The molecular formula is C11H12ClFO4. The van der Waals surface area contributed by atoms with Gasteiger partial charge in [-0.2, -0.15) is 0 Å². The zero-order valence-electron chi connectivity index (χ0n) is 9.20. The number of carbonyl (C=O) groups is 1. The standard InChI is InChI=1S/C11H12ClFO4/c1-16-11(15)8-5-7(17-4-2-3-14)6-9(12)10(8)13/h5-6,14H,2-4H2,1H3. The van der Waals surface area contributed by atoms with Gasteiger partial charge < -0.3 is 14.6 Å². The number of benzene rings is 1. The fourth-order valence-electron chi connectivity index (χ4n) is 1.16. The number of aliphatic hydroxyl groups is 1. The Hall–Kier alpha value is -1.33. The van der Waals surface area contributed by atoms with Crippen LogP contribution in [0.4, 0.5) is 4.39 Å². The maximum atomic E-state index is 13.5. The van der Waals surface area contributed by atoms with E-state index >= 15 is 0 Å². The van der Waals surface area contributed by atoms with Gasteiger partial charge in [0.25, 0.3) is 0 Å². The summed E-state index contributed by atoms with van der Waals surface area (Å²) in [4.78, 5) is 11.3. The third-order valence-corrected chi connectivity index (χ3v) is 2.25. The largest absolute Gasteiger partial charge is 0.493 e. The molecule has 1 rings (SSSR count). The van der Waals surface area contributed by atoms with E-state index in [1.807, 2.05) is 0 Å². The summed E-state index contributed by atoms with van der Waals surface area (Å²) in [6, 6.07) is 2.48. The first kappa shape index (κ1) is 13.7. The first-order valence-corrected chi connectivity index (χ1v) is 5.29. The minimum atomic E-state index is -0.840. The van der Waals surface area contributed by atoms with Crippen LogP contribution in [0.3, 0.4) is 0 Å². The first-order chi connectivity index (χ1) is 8.10. The predicted octanol–water partition coefficient (Wildman–Crippen LogP) is 2.03. The van der Waals surface area contributed by atoms with E-state index in [1.54, 1.807) is 0 Å². The van der Waals surface area contributed by atoms with Crippen molar-refractivity contribution in [1.29, 1.82) is 0 Å². The van der Waals surface area contributed by atoms with Gasteiger partial charge in [0.2, 0.25) is 0 Å². The van der Waals surface area contributed by atoms with Gasteiger partial charge in [0.15, 0.2) is 5.82 Å². The first-order valence-electron chi connectivity index (χ1n) is 4.91. The molecule has 0 atom stereocenters. The van der Waals surface area contributed by atoms with Gasteiger partial charge in [0.1, 0.15) is 11.3 Å². The van der Waals surface area contributed by atoms with Crippen LogP contribution < -0.4 is 4.74 Å². The molecule has 0 aromatic heterocycles. The molecule has 0 saturated heterocycles. The lowest BCUT2D eigenvalue weighted by atomic mass is 10.2. The number of methoxy groups -OCH3 is 1. The number of hydrogen-bond acceptors (Lipinski definition) is 4. The van der Waals surface area contributed by atoms with E-state index in [9.17, 15) is 9.18 Å². The number of ether oxygens (including phenoxy) is 2. The summed E-state index contributed by atoms with van der Waals surface area (Å²) in [5.74, 6) is -1.41. The summed E-state index contributed by atoms with van der Waals surface area (Å²) >= 11 is 5.62. The van der Waals surface area contributed by atoms with Crippen LogP contribution in [0.25, 0.3) is 0 Å². The quantitative estimate of drug-likeness (QED) is 0.652. The van der Waals surface area contributed by atoms with Crippen LogP contribution in [-0.4, -0.2) is 31.4 Å². The van der Waals surface area contributed by atoms with E-state index < -0.39 is 11.8 Å². The van der Waals surface area contributed by atoms with E-state index in [-0.39, 0.29) is 29.5 Å². The molecule has 4 nitrogen and oxygen atoms in total. The summed E-state index contributed by atoms with van der Waals surface area (Å²) in [6.45, 7) is 0.234. The molecule has 0 aliphatic rings. The second-order valence-electron chi connectivity index (χ2n) is 3.18. The van der Waals surface area contributed by atoms with Crippen LogP contribution in [0, 0.1) is 5.82 Å². The van der Waals surface area contributed by atoms with Crippen molar-refractivity contribution in [1.82, 2.24) is 0 Å². The lowest BCUT2D eigenvalue weighted by Crippen LogP contribution is -2.07. The zero-order chi connectivity index (χ0) is 12.8. The SMILES string of the molecule is COC(=O)c1cc(OCCCO)cc(Cl)c1F. The highest BCUT2D eigenvalue weighted by molar-refractivity contribution is 6.31. The van der Waals surface area contributed by atoms with E-state index in [2.05, 4.69) is 4.74 Å². The van der Waals surface area contributed by atoms with Gasteiger partial charge in [-0.3, -0.25) is 0 Å². The summed E-state index contributed by atoms with van der Waals surface area (Å²) in [6.07, 6.45) is 0.433. The normalized spacial score (nSPS) is 10.1. The summed E-state index contributed by atoms with van der Waals surface area (Å²) in [5, 5.41) is 8.37. The van der Waals surface area contributed by atoms with Crippen LogP contribution in [-0.2, 0) is 4.74 Å². The van der Waals surface area contributed by atoms with Crippen molar-refractivity contribution in [2.75, 3.05) is 20.3 Å². The molecule has 0 amide bonds. The molecule has 0 unspecified atom stereocenters. The lowest BCUT2D eigenvalue weighted by Gasteiger charge is -2.08. The highest BCUT2D eigenvalue weighted by Crippen LogP contribution is 2.26. The molecule has 0 aliphatic carbocycles. The molecule has 0 bridgehead atoms. The molecule has 0 saturated carbocycles. The van der Waals surface area contributed by atoms with Gasteiger partial charge in [0.05, 0.1) is 18.7 Å². The zero-order valence-corrected chi connectivity index (χ0v) is 9.96. The number of rotatable bonds is 5. The van der Waals surface area contributed by atoms with Gasteiger partial charge in [-0.1, -0.05) is 11.6 Å². The van der Waals surface area contributed by atoms with Gasteiger partial charge in [0, 0.05) is 19.1 Å². The fraction of sp³-hybridized carbons (Fsp3) is 0.364. The van der Waals surface area contributed by atoms with Crippen molar-refractivity contribution >= 4 is 17.6 Å². The van der Waals surface area contributed by atoms with Crippen molar-refractivity contribution in [2.24, 2.45) is 0 Å². The molecule has 0 aliphatic heterocycles. The monoisotopic (exact) mass is 262 g/mol. The topological polar surface area (TPSA) is 55.8 Å². The lowest BCUT2D eigenvalue weighted by molar-refractivity contribution is 0.0595. The van der Waals surface area contributed by atoms with E-state index in [0.29, 0.717) is 6.42 Å². The minimum Gasteiger partial charge on any atom is -0.493 e. The molecule has 0 heterocycles. The van der Waals surface area contributed by atoms with Gasteiger partial charge in [-0.15, -0.1) is 0 Å². The van der Waals surface area contributed by atoms with Crippen LogP contribution >= 0.6 is 11.6 Å². The maximum Gasteiger partial charge on any atom is 0.341 e. The van der Waals surface area contributed by atoms with Crippen molar-refractivity contribution in [3.8, 4) is 5.75 Å². The molecule has 0 fully saturated rings. The number of hydrogen-bond donors (Lipinski definition) is 1. The fourth-order valence-corrected chi connectivity index (χ4v) is 1.37. The Balaban J connectivity index is 2.93. The number of esters is 1. The Bertz CT molecular complexity index is 409. The Morgan fingerprint density at radius 3 is 2.82 bits per heavy atom. The Kier molecular flexibility index (Phi) is 5.18. The third kappa shape index (κ3) is 3.57. The van der Waals surface area contributed by atoms with Crippen molar-refractivity contribution < 1.29 is 23.8 Å². The second kappa shape index (κ2) is 6.42. The molecule has 94 valence electrons. The van der Waals surface area contributed by atoms with Crippen LogP contribution in [0.15, 0.2) is 12.1 Å². The van der Waals surface area contributed by atoms with Crippen molar-refractivity contribution in [3.05, 3.63) is 28.5 Å². The van der Waals surface area contributed by atoms with Gasteiger partial charge in [-0.25, -0.2) is 9.18 Å². The number of halogens is 2. The van der Waals surface area contributed by atoms with Gasteiger partial charge >= 0.3 is 5.97 Å². The molecule has 17 heavy (non-hydrogen) atoms. The van der Waals surface area contributed by atoms with E-state index in [1.165, 1.54) is 12.1 Å². The molecule has 6 heteroatoms. The molecule has 0 radical (unpaired) electrons. The van der Waals surface area contributed by atoms with Crippen LogP contribution in [0.1, 0.15) is 16.8 Å². The summed E-state index contributed by atoms with van der Waals surface area (Å²) in [7, 11) is 1.15. The molecule has 0 spiro atoms. The third-order valence-electron chi connectivity index (χ3n) is 1.98. The predicted molar refractivity (Wildman–Crippen MR) is 59.9 cm³/mol. The highest BCUT2D eigenvalue weighted by Gasteiger charge is 2.17. The van der Waals surface area contributed by atoms with Crippen LogP contribution in [0.5, 0.6) is 5.75 Å². The molecule has 1 N–H and O–H groups in total. The van der Waals surface area contributed by atoms with E-state index in [0.717, 1.165) is 7.11 Å². The van der Waals surface area contributed by atoms with Crippen molar-refractivity contribution in [3.63, 3.8) is 0 Å². The maximum absolute atomic E-state index is 13.5. The highest BCUT2D eigenvalue weighted by atomic mass is 35.5. The van der Waals surface area contributed by atoms with E-state index in [4.69, 9.17) is 21.4 Å². The average molecular weight is 263 g/mol. The second-order valence-corrected chi connectivity index (χ2v) is 3.59. The number of aliphatic hydroxyl groups excluding tert-OH is 1. The van der Waals surface area contributed by atoms with Crippen molar-refractivity contribution in [2.45, 2.75) is 6.42 Å². The molecule has 1 aromatic rings. The summed E-state index contributed by atoms with van der Waals surface area (Å²) in [5.41, 5.74) is -0.279. The Morgan fingerprint density at radius 1 is 1.53 bits per heavy atom. The Morgan fingerprint density at radius 2 is 2.24 bits per heavy atom. The smallest absolute Gasteiger partial charge is 0.341 e. The number of carbonyl (C=O) groups excluding carboxylic acids is 1. The van der Waals surface area contributed by atoms with Crippen LogP contribution in [0.2, 0.25) is 5.02 Å². The Labute approximate surface area is 103 Å². The summed E-state index contributed by atoms with van der Waals surface area (Å²) < 4.78 is 23.1.